The van der Waals surface area contributed by atoms with Gasteiger partial charge in [-0.1, -0.05) is 55.3 Å². The Hall–Kier alpha value is -3.40. The molecule has 8 nitrogen and oxygen atoms in total. The van der Waals surface area contributed by atoms with Crippen molar-refractivity contribution in [2.45, 2.75) is 44.0 Å². The number of hydrogen-bond acceptors (Lipinski definition) is 6. The van der Waals surface area contributed by atoms with Gasteiger partial charge < -0.3 is 14.8 Å². The first-order valence-electron chi connectivity index (χ1n) is 12.3. The minimum absolute atomic E-state index is 0.0947. The van der Waals surface area contributed by atoms with Crippen molar-refractivity contribution in [1.82, 2.24) is 4.72 Å². The Morgan fingerprint density at radius 1 is 0.974 bits per heavy atom. The maximum atomic E-state index is 13.2. The van der Waals surface area contributed by atoms with Crippen molar-refractivity contribution in [3.05, 3.63) is 88.9 Å². The Morgan fingerprint density at radius 2 is 1.68 bits per heavy atom. The highest BCUT2D eigenvalue weighted by Crippen LogP contribution is 2.27. The molecule has 0 bridgehead atoms. The molecule has 10 heteroatoms. The molecule has 3 aromatic rings. The van der Waals surface area contributed by atoms with E-state index in [-0.39, 0.29) is 16.3 Å². The third kappa shape index (κ3) is 8.31. The summed E-state index contributed by atoms with van der Waals surface area (Å²) < 4.78 is 39.5. The molecule has 0 unspecified atom stereocenters. The van der Waals surface area contributed by atoms with Crippen LogP contribution in [0.3, 0.4) is 0 Å². The molecule has 0 aromatic heterocycles. The highest BCUT2D eigenvalue weighted by Gasteiger charge is 2.27. The summed E-state index contributed by atoms with van der Waals surface area (Å²) in [5.74, 6) is -0.642. The van der Waals surface area contributed by atoms with Gasteiger partial charge in [0.2, 0.25) is 15.9 Å². The zero-order valence-electron chi connectivity index (χ0n) is 21.3. The molecule has 0 radical (unpaired) electrons. The standard InChI is InChI=1S/C28H31ClN2O6S/c1-3-5-17-37-28(33)21-11-13-22(14-12-21)30-27(32)25(18-20-9-7-6-8-10-20)31-38(34,35)23-15-16-26(36-4-2)24(29)19-23/h6-16,19,25,31H,3-5,17-18H2,1-2H3,(H,30,32)/t25-/m1/s1. The van der Waals surface area contributed by atoms with Crippen molar-refractivity contribution in [2.75, 3.05) is 18.5 Å². The van der Waals surface area contributed by atoms with Crippen molar-refractivity contribution in [2.24, 2.45) is 0 Å². The first-order chi connectivity index (χ1) is 18.2. The van der Waals surface area contributed by atoms with E-state index in [9.17, 15) is 18.0 Å². The van der Waals surface area contributed by atoms with Gasteiger partial charge in [0.1, 0.15) is 11.8 Å². The van der Waals surface area contributed by atoms with Crippen LogP contribution in [0, 0.1) is 0 Å². The number of esters is 1. The summed E-state index contributed by atoms with van der Waals surface area (Å²) in [6, 6.07) is 18.3. The van der Waals surface area contributed by atoms with Crippen LogP contribution in [-0.4, -0.2) is 39.5 Å². The van der Waals surface area contributed by atoms with E-state index >= 15 is 0 Å². The summed E-state index contributed by atoms with van der Waals surface area (Å²) in [6.45, 7) is 4.52. The lowest BCUT2D eigenvalue weighted by Gasteiger charge is -2.19. The molecule has 2 N–H and O–H groups in total. The summed E-state index contributed by atoms with van der Waals surface area (Å²) in [4.78, 5) is 25.3. The van der Waals surface area contributed by atoms with Crippen molar-refractivity contribution in [3.8, 4) is 5.75 Å². The number of ether oxygens (including phenoxy) is 2. The molecule has 3 aromatic carbocycles. The number of amides is 1. The molecule has 38 heavy (non-hydrogen) atoms. The van der Waals surface area contributed by atoms with E-state index in [4.69, 9.17) is 21.1 Å². The molecule has 1 atom stereocenters. The van der Waals surface area contributed by atoms with Crippen LogP contribution in [0.5, 0.6) is 5.75 Å². The average molecular weight is 559 g/mol. The molecule has 0 fully saturated rings. The van der Waals surface area contributed by atoms with Crippen molar-refractivity contribution in [3.63, 3.8) is 0 Å². The predicted molar refractivity (Wildman–Crippen MR) is 147 cm³/mol. The zero-order chi connectivity index (χ0) is 27.5. The molecule has 0 aliphatic heterocycles. The van der Waals surface area contributed by atoms with Crippen LogP contribution < -0.4 is 14.8 Å². The predicted octanol–water partition coefficient (Wildman–Crippen LogP) is 5.22. The lowest BCUT2D eigenvalue weighted by Crippen LogP contribution is -2.45. The highest BCUT2D eigenvalue weighted by molar-refractivity contribution is 7.89. The van der Waals surface area contributed by atoms with E-state index in [0.29, 0.717) is 30.2 Å². The zero-order valence-corrected chi connectivity index (χ0v) is 22.8. The van der Waals surface area contributed by atoms with Crippen LogP contribution in [0.2, 0.25) is 5.02 Å². The van der Waals surface area contributed by atoms with Crippen LogP contribution in [0.15, 0.2) is 77.7 Å². The van der Waals surface area contributed by atoms with Gasteiger partial charge in [0, 0.05) is 5.69 Å². The van der Waals surface area contributed by atoms with Crippen LogP contribution in [0.1, 0.15) is 42.6 Å². The molecule has 0 aliphatic carbocycles. The molecule has 0 saturated carbocycles. The number of benzene rings is 3. The molecule has 202 valence electrons. The second-order valence-corrected chi connectivity index (χ2v) is 10.6. The van der Waals surface area contributed by atoms with E-state index in [1.807, 2.05) is 25.1 Å². The monoisotopic (exact) mass is 558 g/mol. The Morgan fingerprint density at radius 3 is 2.32 bits per heavy atom. The molecular weight excluding hydrogens is 528 g/mol. The molecule has 0 heterocycles. The minimum atomic E-state index is -4.11. The second-order valence-electron chi connectivity index (χ2n) is 8.44. The fourth-order valence-corrected chi connectivity index (χ4v) is 5.05. The fourth-order valence-electron chi connectivity index (χ4n) is 3.53. The van der Waals surface area contributed by atoms with Crippen LogP contribution >= 0.6 is 11.6 Å². The normalized spacial score (nSPS) is 12.0. The summed E-state index contributed by atoms with van der Waals surface area (Å²) in [7, 11) is -4.11. The Bertz CT molecular complexity index is 1330. The maximum absolute atomic E-state index is 13.2. The van der Waals surface area contributed by atoms with Crippen molar-refractivity contribution >= 4 is 39.2 Å². The molecule has 0 spiro atoms. The van der Waals surface area contributed by atoms with Gasteiger partial charge in [-0.05, 0) is 67.8 Å². The van der Waals surface area contributed by atoms with Crippen LogP contribution in [-0.2, 0) is 26.0 Å². The van der Waals surface area contributed by atoms with Gasteiger partial charge >= 0.3 is 5.97 Å². The minimum Gasteiger partial charge on any atom is -0.492 e. The van der Waals surface area contributed by atoms with Crippen LogP contribution in [0.25, 0.3) is 0 Å². The number of anilines is 1. The lowest BCUT2D eigenvalue weighted by molar-refractivity contribution is -0.117. The Labute approximate surface area is 228 Å². The quantitative estimate of drug-likeness (QED) is 0.220. The third-order valence-electron chi connectivity index (χ3n) is 5.53. The lowest BCUT2D eigenvalue weighted by atomic mass is 10.1. The van der Waals surface area contributed by atoms with E-state index in [2.05, 4.69) is 10.0 Å². The van der Waals surface area contributed by atoms with Crippen LogP contribution in [0.4, 0.5) is 5.69 Å². The maximum Gasteiger partial charge on any atom is 0.338 e. The molecule has 1 amide bonds. The van der Waals surface area contributed by atoms with E-state index in [1.54, 1.807) is 43.3 Å². The van der Waals surface area contributed by atoms with Gasteiger partial charge in [-0.3, -0.25) is 4.79 Å². The van der Waals surface area contributed by atoms with Crippen molar-refractivity contribution < 1.29 is 27.5 Å². The summed E-state index contributed by atoms with van der Waals surface area (Å²) in [5.41, 5.74) is 1.53. The van der Waals surface area contributed by atoms with Gasteiger partial charge in [-0.15, -0.1) is 0 Å². The fraction of sp³-hybridized carbons (Fsp3) is 0.286. The van der Waals surface area contributed by atoms with Gasteiger partial charge in [-0.25, -0.2) is 13.2 Å². The average Bonchev–Trinajstić information content (AvgIpc) is 2.90. The second kappa shape index (κ2) is 13.9. The van der Waals surface area contributed by atoms with Crippen molar-refractivity contribution in [1.29, 1.82) is 0 Å². The molecule has 3 rings (SSSR count). The largest absolute Gasteiger partial charge is 0.492 e. The topological polar surface area (TPSA) is 111 Å². The smallest absolute Gasteiger partial charge is 0.338 e. The SMILES string of the molecule is CCCCOC(=O)c1ccc(NC(=O)[C@@H](Cc2ccccc2)NS(=O)(=O)c2ccc(OCC)c(Cl)c2)cc1. The van der Waals surface area contributed by atoms with E-state index in [0.717, 1.165) is 18.4 Å². The van der Waals surface area contributed by atoms with Gasteiger partial charge in [0.25, 0.3) is 0 Å². The third-order valence-corrected chi connectivity index (χ3v) is 7.29. The number of unbranched alkanes of at least 4 members (excludes halogenated alkanes) is 1. The van der Waals surface area contributed by atoms with Gasteiger partial charge in [0.15, 0.2) is 0 Å². The molecule has 0 aliphatic rings. The van der Waals surface area contributed by atoms with Gasteiger partial charge in [-0.2, -0.15) is 4.72 Å². The number of halogens is 1. The molecule has 0 saturated heterocycles. The highest BCUT2D eigenvalue weighted by atomic mass is 35.5. The van der Waals surface area contributed by atoms with E-state index < -0.39 is 27.9 Å². The first-order valence-corrected chi connectivity index (χ1v) is 14.2. The number of nitrogens with one attached hydrogen (secondary N) is 2. The molecular formula is C28H31ClN2O6S. The summed E-state index contributed by atoms with van der Waals surface area (Å²) in [6.07, 6.45) is 1.80. The number of hydrogen-bond donors (Lipinski definition) is 2. The Balaban J connectivity index is 1.78. The Kier molecular flexibility index (Phi) is 10.7. The van der Waals surface area contributed by atoms with Gasteiger partial charge in [0.05, 0.1) is 28.7 Å². The number of sulfonamides is 1. The number of carbonyl (C=O) groups is 2. The summed E-state index contributed by atoms with van der Waals surface area (Å²) in [5, 5.41) is 2.87. The van der Waals surface area contributed by atoms with E-state index in [1.165, 1.54) is 18.2 Å². The number of carbonyl (C=O) groups excluding carboxylic acids is 2. The summed E-state index contributed by atoms with van der Waals surface area (Å²) >= 11 is 6.19. The first kappa shape index (κ1) is 29.2. The number of rotatable bonds is 13.